The number of morpholine rings is 1. The zero-order valence-electron chi connectivity index (χ0n) is 16.5. The van der Waals surface area contributed by atoms with Crippen molar-refractivity contribution in [1.82, 2.24) is 10.2 Å². The van der Waals surface area contributed by atoms with Crippen molar-refractivity contribution in [3.05, 3.63) is 29.3 Å². The monoisotopic (exact) mass is 411 g/mol. The number of piperidine rings is 1. The van der Waals surface area contributed by atoms with Crippen LogP contribution in [0.4, 0.5) is 18.9 Å². The number of carbonyl (C=O) groups excluding carboxylic acids is 1. The predicted octanol–water partition coefficient (Wildman–Crippen LogP) is 2.69. The smallest absolute Gasteiger partial charge is 0.377 e. The van der Waals surface area contributed by atoms with Crippen LogP contribution in [-0.4, -0.2) is 62.8 Å². The van der Waals surface area contributed by atoms with Gasteiger partial charge in [0.1, 0.15) is 0 Å². The molecule has 29 heavy (non-hydrogen) atoms. The van der Waals surface area contributed by atoms with Gasteiger partial charge in [-0.05, 0) is 56.1 Å². The molecule has 160 valence electrons. The summed E-state index contributed by atoms with van der Waals surface area (Å²) in [6.07, 6.45) is -0.420. The maximum absolute atomic E-state index is 13.2. The molecule has 2 fully saturated rings. The summed E-state index contributed by atoms with van der Waals surface area (Å²) < 4.78 is 45.1. The van der Waals surface area contributed by atoms with E-state index < -0.39 is 17.7 Å². The summed E-state index contributed by atoms with van der Waals surface area (Å²) in [5.41, 5.74) is 0.727. The van der Waals surface area contributed by atoms with Crippen molar-refractivity contribution < 1.29 is 22.7 Å². The van der Waals surface area contributed by atoms with Crippen LogP contribution in [0.15, 0.2) is 18.2 Å². The molecule has 3 aliphatic rings. The second-order valence-electron chi connectivity index (χ2n) is 8.18. The Bertz CT molecular complexity index is 734. The first kappa shape index (κ1) is 20.5. The second kappa shape index (κ2) is 8.52. The van der Waals surface area contributed by atoms with Gasteiger partial charge in [-0.3, -0.25) is 4.79 Å². The highest BCUT2D eigenvalue weighted by atomic mass is 19.4. The van der Waals surface area contributed by atoms with Gasteiger partial charge < -0.3 is 19.9 Å². The molecule has 1 N–H and O–H groups in total. The first-order valence-electron chi connectivity index (χ1n) is 10.5. The quantitative estimate of drug-likeness (QED) is 0.828. The van der Waals surface area contributed by atoms with Gasteiger partial charge in [0.15, 0.2) is 0 Å². The molecule has 0 aliphatic carbocycles. The maximum atomic E-state index is 13.2. The highest BCUT2D eigenvalue weighted by Crippen LogP contribution is 2.39. The minimum absolute atomic E-state index is 0.0921. The van der Waals surface area contributed by atoms with E-state index in [1.54, 1.807) is 6.07 Å². The van der Waals surface area contributed by atoms with Crippen LogP contribution in [-0.2, 0) is 22.1 Å². The largest absolute Gasteiger partial charge is 0.416 e. The van der Waals surface area contributed by atoms with Gasteiger partial charge in [-0.15, -0.1) is 0 Å². The maximum Gasteiger partial charge on any atom is 0.416 e. The molecule has 2 saturated heterocycles. The van der Waals surface area contributed by atoms with Crippen LogP contribution < -0.4 is 10.2 Å². The van der Waals surface area contributed by atoms with E-state index in [0.29, 0.717) is 38.3 Å². The summed E-state index contributed by atoms with van der Waals surface area (Å²) in [5, 5.41) is 3.02. The zero-order chi connectivity index (χ0) is 20.4. The highest BCUT2D eigenvalue weighted by Gasteiger charge is 2.41. The van der Waals surface area contributed by atoms with Gasteiger partial charge in [-0.25, -0.2) is 0 Å². The summed E-state index contributed by atoms with van der Waals surface area (Å²) in [6, 6.07) is 3.74. The Kier molecular flexibility index (Phi) is 6.01. The number of carbonyl (C=O) groups is 1. The van der Waals surface area contributed by atoms with E-state index in [9.17, 15) is 18.0 Å². The third-order valence-corrected chi connectivity index (χ3v) is 6.30. The van der Waals surface area contributed by atoms with Crippen molar-refractivity contribution in [2.24, 2.45) is 5.92 Å². The van der Waals surface area contributed by atoms with Crippen molar-refractivity contribution in [3.63, 3.8) is 0 Å². The van der Waals surface area contributed by atoms with Crippen molar-refractivity contribution in [3.8, 4) is 0 Å². The van der Waals surface area contributed by atoms with E-state index in [0.717, 1.165) is 31.4 Å². The van der Waals surface area contributed by atoms with Crippen molar-refractivity contribution in [1.29, 1.82) is 0 Å². The minimum atomic E-state index is -4.39. The van der Waals surface area contributed by atoms with Crippen LogP contribution >= 0.6 is 0 Å². The summed E-state index contributed by atoms with van der Waals surface area (Å²) in [6.45, 7) is 5.04. The van der Waals surface area contributed by atoms with Gasteiger partial charge in [0.05, 0.1) is 30.7 Å². The Labute approximate surface area is 169 Å². The number of ether oxygens (including phenoxy) is 1. The van der Waals surface area contributed by atoms with Crippen LogP contribution in [0.5, 0.6) is 0 Å². The summed E-state index contributed by atoms with van der Waals surface area (Å²) in [5.74, 6) is -0.502. The molecule has 5 nitrogen and oxygen atoms in total. The molecule has 1 amide bonds. The van der Waals surface area contributed by atoms with Crippen LogP contribution in [0, 0.1) is 5.92 Å². The highest BCUT2D eigenvalue weighted by molar-refractivity contribution is 5.82. The van der Waals surface area contributed by atoms with Gasteiger partial charge in [0.25, 0.3) is 0 Å². The van der Waals surface area contributed by atoms with Gasteiger partial charge in [0.2, 0.25) is 5.91 Å². The SMILES string of the molecule is O=C(NCCN1CCCCC1)C1Cc2cc(C(F)(F)F)ccc2N2CCOCC12. The molecule has 3 heterocycles. The normalized spacial score (nSPS) is 25.3. The number of nitrogens with one attached hydrogen (secondary N) is 1. The number of fused-ring (bicyclic) bond motifs is 3. The Balaban J connectivity index is 1.47. The third kappa shape index (κ3) is 4.53. The number of benzene rings is 1. The molecule has 1 aromatic rings. The zero-order valence-corrected chi connectivity index (χ0v) is 16.5. The summed E-state index contributed by atoms with van der Waals surface area (Å²) >= 11 is 0. The number of amides is 1. The fourth-order valence-electron chi connectivity index (χ4n) is 4.75. The fourth-order valence-corrected chi connectivity index (χ4v) is 4.75. The first-order chi connectivity index (χ1) is 13.9. The second-order valence-corrected chi connectivity index (χ2v) is 8.18. The van der Waals surface area contributed by atoms with E-state index in [-0.39, 0.29) is 11.9 Å². The Morgan fingerprint density at radius 2 is 1.97 bits per heavy atom. The molecule has 0 aromatic heterocycles. The topological polar surface area (TPSA) is 44.8 Å². The molecule has 0 radical (unpaired) electrons. The summed E-state index contributed by atoms with van der Waals surface area (Å²) in [7, 11) is 0. The van der Waals surface area contributed by atoms with Gasteiger partial charge in [0, 0.05) is 25.3 Å². The van der Waals surface area contributed by atoms with E-state index in [2.05, 4.69) is 15.1 Å². The summed E-state index contributed by atoms with van der Waals surface area (Å²) in [4.78, 5) is 17.4. The number of anilines is 1. The molecule has 0 saturated carbocycles. The number of nitrogens with zero attached hydrogens (tertiary/aromatic N) is 2. The van der Waals surface area contributed by atoms with E-state index >= 15 is 0 Å². The lowest BCUT2D eigenvalue weighted by Crippen LogP contribution is -2.57. The van der Waals surface area contributed by atoms with E-state index in [1.807, 2.05) is 0 Å². The number of alkyl halides is 3. The lowest BCUT2D eigenvalue weighted by atomic mass is 9.84. The van der Waals surface area contributed by atoms with Crippen molar-refractivity contribution in [2.45, 2.75) is 37.9 Å². The molecule has 2 unspecified atom stereocenters. The molecule has 4 rings (SSSR count). The van der Waals surface area contributed by atoms with Crippen LogP contribution in [0.3, 0.4) is 0 Å². The Morgan fingerprint density at radius 3 is 2.72 bits per heavy atom. The Morgan fingerprint density at radius 1 is 1.17 bits per heavy atom. The van der Waals surface area contributed by atoms with Crippen LogP contribution in [0.25, 0.3) is 0 Å². The van der Waals surface area contributed by atoms with Crippen molar-refractivity contribution in [2.75, 3.05) is 50.8 Å². The first-order valence-corrected chi connectivity index (χ1v) is 10.5. The predicted molar refractivity (Wildman–Crippen MR) is 104 cm³/mol. The number of hydrogen-bond donors (Lipinski definition) is 1. The van der Waals surface area contributed by atoms with Crippen LogP contribution in [0.2, 0.25) is 0 Å². The fraction of sp³-hybridized carbons (Fsp3) is 0.667. The van der Waals surface area contributed by atoms with Gasteiger partial charge in [-0.2, -0.15) is 13.2 Å². The molecule has 2 atom stereocenters. The number of rotatable bonds is 4. The molecule has 8 heteroatoms. The molecule has 0 bridgehead atoms. The third-order valence-electron chi connectivity index (χ3n) is 6.30. The average molecular weight is 411 g/mol. The van der Waals surface area contributed by atoms with Gasteiger partial charge in [-0.1, -0.05) is 6.42 Å². The standard InChI is InChI=1S/C21H28F3N3O2/c22-21(23,24)16-4-5-18-15(12-16)13-17(19-14-29-11-10-27(18)19)20(28)25-6-9-26-7-2-1-3-8-26/h4-5,12,17,19H,1-3,6-11,13-14H2,(H,25,28). The molecule has 3 aliphatic heterocycles. The minimum Gasteiger partial charge on any atom is -0.377 e. The lowest BCUT2D eigenvalue weighted by molar-refractivity contribution is -0.137. The van der Waals surface area contributed by atoms with E-state index in [1.165, 1.54) is 25.3 Å². The van der Waals surface area contributed by atoms with Gasteiger partial charge >= 0.3 is 6.18 Å². The number of halogens is 3. The molecule has 1 aromatic carbocycles. The number of likely N-dealkylation sites (tertiary alicyclic amines) is 1. The average Bonchev–Trinajstić information content (AvgIpc) is 2.72. The lowest BCUT2D eigenvalue weighted by Gasteiger charge is -2.45. The van der Waals surface area contributed by atoms with E-state index in [4.69, 9.17) is 4.74 Å². The van der Waals surface area contributed by atoms with Crippen molar-refractivity contribution >= 4 is 11.6 Å². The molecular weight excluding hydrogens is 383 g/mol. The molecule has 0 spiro atoms. The number of hydrogen-bond acceptors (Lipinski definition) is 4. The molecular formula is C21H28F3N3O2. The Hall–Kier alpha value is -1.80. The van der Waals surface area contributed by atoms with Crippen LogP contribution in [0.1, 0.15) is 30.4 Å².